The van der Waals surface area contributed by atoms with Gasteiger partial charge in [-0.25, -0.2) is 0 Å². The average molecular weight is 232 g/mol. The molecule has 3 rings (SSSR count). The summed E-state index contributed by atoms with van der Waals surface area (Å²) in [7, 11) is 0. The van der Waals surface area contributed by atoms with E-state index in [-0.39, 0.29) is 6.10 Å². The molecule has 0 radical (unpaired) electrons. The van der Waals surface area contributed by atoms with Crippen molar-refractivity contribution in [2.45, 2.75) is 12.7 Å². The monoisotopic (exact) mass is 232 g/mol. The molecule has 0 fully saturated rings. The molecule has 0 amide bonds. The molecule has 2 heterocycles. The highest BCUT2D eigenvalue weighted by atomic mass is 32.1. The number of nitrogens with two attached hydrogens (primary N) is 1. The fraction of sp³-hybridized carbons (Fsp3) is 0.250. The maximum Gasteiger partial charge on any atom is 0.0955 e. The van der Waals surface area contributed by atoms with Crippen LogP contribution in [0.3, 0.4) is 0 Å². The SMILES string of the molecule is NC[C@@H]1OCc2c(-c3cncs3)cccc21. The van der Waals surface area contributed by atoms with Crippen LogP contribution in [-0.4, -0.2) is 11.5 Å². The standard InChI is InChI=1S/C12H12N2OS/c13-4-11-8-2-1-3-9(10(8)6-15-11)12-5-14-7-16-12/h1-3,5,7,11H,4,6,13H2/t11-/m0/s1. The van der Waals surface area contributed by atoms with Crippen LogP contribution in [0.5, 0.6) is 0 Å². The quantitative estimate of drug-likeness (QED) is 0.864. The van der Waals surface area contributed by atoms with E-state index in [9.17, 15) is 0 Å². The van der Waals surface area contributed by atoms with E-state index in [1.807, 2.05) is 11.7 Å². The van der Waals surface area contributed by atoms with E-state index in [1.54, 1.807) is 11.3 Å². The summed E-state index contributed by atoms with van der Waals surface area (Å²) in [6, 6.07) is 6.28. The van der Waals surface area contributed by atoms with Crippen LogP contribution in [0.2, 0.25) is 0 Å². The summed E-state index contributed by atoms with van der Waals surface area (Å²) in [4.78, 5) is 5.31. The molecule has 2 N–H and O–H groups in total. The van der Waals surface area contributed by atoms with Gasteiger partial charge in [-0.3, -0.25) is 4.98 Å². The third-order valence-electron chi connectivity index (χ3n) is 2.90. The molecule has 1 atom stereocenters. The smallest absolute Gasteiger partial charge is 0.0955 e. The first-order chi connectivity index (χ1) is 7.90. The molecule has 1 aromatic heterocycles. The second-order valence-electron chi connectivity index (χ2n) is 3.77. The highest BCUT2D eigenvalue weighted by Gasteiger charge is 2.24. The molecule has 0 saturated carbocycles. The lowest BCUT2D eigenvalue weighted by Gasteiger charge is -2.08. The summed E-state index contributed by atoms with van der Waals surface area (Å²) in [5.41, 5.74) is 11.3. The van der Waals surface area contributed by atoms with E-state index in [1.165, 1.54) is 21.6 Å². The van der Waals surface area contributed by atoms with Crippen molar-refractivity contribution >= 4 is 11.3 Å². The topological polar surface area (TPSA) is 48.1 Å². The molecule has 0 spiro atoms. The molecule has 3 nitrogen and oxygen atoms in total. The molecule has 16 heavy (non-hydrogen) atoms. The number of hydrogen-bond donors (Lipinski definition) is 1. The van der Waals surface area contributed by atoms with Crippen LogP contribution in [-0.2, 0) is 11.3 Å². The number of ether oxygens (including phenoxy) is 1. The minimum atomic E-state index is 0.0582. The molecule has 0 unspecified atom stereocenters. The maximum atomic E-state index is 5.68. The van der Waals surface area contributed by atoms with Crippen LogP contribution in [0.1, 0.15) is 17.2 Å². The summed E-state index contributed by atoms with van der Waals surface area (Å²) in [5, 5.41) is 0. The van der Waals surface area contributed by atoms with Crippen LogP contribution < -0.4 is 5.73 Å². The van der Waals surface area contributed by atoms with Gasteiger partial charge in [-0.15, -0.1) is 11.3 Å². The van der Waals surface area contributed by atoms with E-state index in [0.29, 0.717) is 13.2 Å². The van der Waals surface area contributed by atoms with Crippen LogP contribution in [0.25, 0.3) is 10.4 Å². The van der Waals surface area contributed by atoms with Gasteiger partial charge in [-0.1, -0.05) is 18.2 Å². The molecule has 1 aliphatic rings. The Morgan fingerprint density at radius 2 is 2.44 bits per heavy atom. The number of benzene rings is 1. The first-order valence-electron chi connectivity index (χ1n) is 5.22. The minimum Gasteiger partial charge on any atom is -0.367 e. The lowest BCUT2D eigenvalue weighted by atomic mass is 9.99. The van der Waals surface area contributed by atoms with Gasteiger partial charge in [0.25, 0.3) is 0 Å². The predicted octanol–water partition coefficient (Wildman–Crippen LogP) is 2.34. The maximum absolute atomic E-state index is 5.68. The van der Waals surface area contributed by atoms with Crippen molar-refractivity contribution in [3.63, 3.8) is 0 Å². The van der Waals surface area contributed by atoms with Crippen LogP contribution in [0.4, 0.5) is 0 Å². The Labute approximate surface area is 97.9 Å². The number of hydrogen-bond acceptors (Lipinski definition) is 4. The molecule has 0 bridgehead atoms. The van der Waals surface area contributed by atoms with Gasteiger partial charge in [-0.2, -0.15) is 0 Å². The van der Waals surface area contributed by atoms with E-state index in [2.05, 4.69) is 23.2 Å². The highest BCUT2D eigenvalue weighted by Crippen LogP contribution is 2.37. The van der Waals surface area contributed by atoms with E-state index < -0.39 is 0 Å². The number of nitrogens with zero attached hydrogens (tertiary/aromatic N) is 1. The normalized spacial score (nSPS) is 18.7. The largest absolute Gasteiger partial charge is 0.367 e. The number of thiazole rings is 1. The van der Waals surface area contributed by atoms with Crippen LogP contribution >= 0.6 is 11.3 Å². The lowest BCUT2D eigenvalue weighted by Crippen LogP contribution is -2.10. The Balaban J connectivity index is 2.12. The number of aromatic nitrogens is 1. The Hall–Kier alpha value is -1.23. The van der Waals surface area contributed by atoms with Gasteiger partial charge in [0, 0.05) is 12.7 Å². The molecular weight excluding hydrogens is 220 g/mol. The molecule has 0 aliphatic carbocycles. The van der Waals surface area contributed by atoms with Gasteiger partial charge in [-0.05, 0) is 16.7 Å². The van der Waals surface area contributed by atoms with Crippen molar-refractivity contribution in [3.8, 4) is 10.4 Å². The first-order valence-corrected chi connectivity index (χ1v) is 6.10. The van der Waals surface area contributed by atoms with Crippen molar-refractivity contribution in [2.75, 3.05) is 6.54 Å². The lowest BCUT2D eigenvalue weighted by molar-refractivity contribution is 0.0725. The number of rotatable bonds is 2. The Kier molecular flexibility index (Phi) is 2.47. The average Bonchev–Trinajstić information content (AvgIpc) is 2.97. The summed E-state index contributed by atoms with van der Waals surface area (Å²) >= 11 is 1.65. The fourth-order valence-electron chi connectivity index (χ4n) is 2.12. The third kappa shape index (κ3) is 1.46. The fourth-order valence-corrected chi connectivity index (χ4v) is 2.79. The molecule has 2 aromatic rings. The van der Waals surface area contributed by atoms with Crippen molar-refractivity contribution in [1.82, 2.24) is 4.98 Å². The van der Waals surface area contributed by atoms with E-state index >= 15 is 0 Å². The second-order valence-corrected chi connectivity index (χ2v) is 4.66. The van der Waals surface area contributed by atoms with Gasteiger partial charge in [0.15, 0.2) is 0 Å². The van der Waals surface area contributed by atoms with Gasteiger partial charge in [0.05, 0.1) is 23.1 Å². The molecule has 1 aliphatic heterocycles. The Morgan fingerprint density at radius 1 is 1.50 bits per heavy atom. The van der Waals surface area contributed by atoms with Crippen molar-refractivity contribution in [3.05, 3.63) is 41.0 Å². The highest BCUT2D eigenvalue weighted by molar-refractivity contribution is 7.13. The third-order valence-corrected chi connectivity index (χ3v) is 3.71. The zero-order valence-corrected chi connectivity index (χ0v) is 9.54. The van der Waals surface area contributed by atoms with Gasteiger partial charge >= 0.3 is 0 Å². The van der Waals surface area contributed by atoms with Gasteiger partial charge < -0.3 is 10.5 Å². The zero-order chi connectivity index (χ0) is 11.0. The number of fused-ring (bicyclic) bond motifs is 1. The van der Waals surface area contributed by atoms with Crippen molar-refractivity contribution in [2.24, 2.45) is 5.73 Å². The van der Waals surface area contributed by atoms with E-state index in [4.69, 9.17) is 10.5 Å². The zero-order valence-electron chi connectivity index (χ0n) is 8.72. The summed E-state index contributed by atoms with van der Waals surface area (Å²) in [5.74, 6) is 0. The molecule has 1 aromatic carbocycles. The van der Waals surface area contributed by atoms with Gasteiger partial charge in [0.1, 0.15) is 0 Å². The van der Waals surface area contributed by atoms with Crippen LogP contribution in [0, 0.1) is 0 Å². The minimum absolute atomic E-state index is 0.0582. The molecule has 0 saturated heterocycles. The summed E-state index contributed by atoms with van der Waals surface area (Å²) in [6.45, 7) is 1.20. The van der Waals surface area contributed by atoms with Crippen LogP contribution in [0.15, 0.2) is 29.9 Å². The van der Waals surface area contributed by atoms with Gasteiger partial charge in [0.2, 0.25) is 0 Å². The Bertz CT molecular complexity index is 496. The first kappa shape index (κ1) is 9.96. The van der Waals surface area contributed by atoms with Crippen molar-refractivity contribution in [1.29, 1.82) is 0 Å². The summed E-state index contributed by atoms with van der Waals surface area (Å²) < 4.78 is 5.67. The Morgan fingerprint density at radius 3 is 3.19 bits per heavy atom. The predicted molar refractivity (Wildman–Crippen MR) is 64.1 cm³/mol. The second kappa shape index (κ2) is 3.97. The molecule has 4 heteroatoms. The molecular formula is C12H12N2OS. The summed E-state index contributed by atoms with van der Waals surface area (Å²) in [6.07, 6.45) is 1.96. The van der Waals surface area contributed by atoms with E-state index in [0.717, 1.165) is 0 Å². The molecule has 82 valence electrons. The van der Waals surface area contributed by atoms with Crippen molar-refractivity contribution < 1.29 is 4.74 Å².